The molecule has 194 valence electrons. The van der Waals surface area contributed by atoms with Gasteiger partial charge in [0.2, 0.25) is 5.91 Å². The summed E-state index contributed by atoms with van der Waals surface area (Å²) in [5.41, 5.74) is 0.237. The predicted octanol–water partition coefficient (Wildman–Crippen LogP) is 3.73. The number of rotatable bonds is 8. The zero-order valence-corrected chi connectivity index (χ0v) is 20.2. The summed E-state index contributed by atoms with van der Waals surface area (Å²) in [6, 6.07) is 15.3. The smallest absolute Gasteiger partial charge is 0.350 e. The van der Waals surface area contributed by atoms with E-state index in [2.05, 4.69) is 33.0 Å². The third kappa shape index (κ3) is 7.07. The molecule has 2 amide bonds. The van der Waals surface area contributed by atoms with E-state index in [0.29, 0.717) is 12.1 Å². The number of nitrogens with one attached hydrogen (secondary N) is 3. The van der Waals surface area contributed by atoms with Gasteiger partial charge < -0.3 is 16.0 Å². The van der Waals surface area contributed by atoms with Gasteiger partial charge in [-0.25, -0.2) is 0 Å². The van der Waals surface area contributed by atoms with Crippen LogP contribution in [0.15, 0.2) is 54.6 Å². The van der Waals surface area contributed by atoms with Gasteiger partial charge in [0.25, 0.3) is 5.91 Å². The van der Waals surface area contributed by atoms with Crippen LogP contribution in [0.2, 0.25) is 0 Å². The minimum atomic E-state index is -4.53. The number of benzene rings is 2. The molecule has 0 bridgehead atoms. The second kappa shape index (κ2) is 11.9. The maximum absolute atomic E-state index is 12.9. The highest BCUT2D eigenvalue weighted by molar-refractivity contribution is 5.96. The molecule has 1 aliphatic heterocycles. The molecule has 4 rings (SSSR count). The molecular weight excluding hydrogens is 469 g/mol. The van der Waals surface area contributed by atoms with Gasteiger partial charge in [-0.05, 0) is 43.0 Å². The maximum Gasteiger partial charge on any atom is 0.416 e. The monoisotopic (exact) mass is 502 g/mol. The quantitative estimate of drug-likeness (QED) is 0.515. The summed E-state index contributed by atoms with van der Waals surface area (Å²) < 4.78 is 38.6. The van der Waals surface area contributed by atoms with Crippen molar-refractivity contribution in [1.82, 2.24) is 20.9 Å². The van der Waals surface area contributed by atoms with E-state index < -0.39 is 17.6 Å². The molecule has 3 atom stereocenters. The predicted molar refractivity (Wildman–Crippen MR) is 131 cm³/mol. The number of carbonyl (C=O) groups excluding carboxylic acids is 2. The van der Waals surface area contributed by atoms with Crippen LogP contribution in [0, 0.1) is 0 Å². The molecule has 1 saturated heterocycles. The molecule has 1 heterocycles. The number of hydrogen-bond acceptors (Lipinski definition) is 4. The Morgan fingerprint density at radius 3 is 2.53 bits per heavy atom. The zero-order valence-electron chi connectivity index (χ0n) is 20.2. The van der Waals surface area contributed by atoms with E-state index in [1.807, 2.05) is 18.2 Å². The Morgan fingerprint density at radius 1 is 0.972 bits per heavy atom. The van der Waals surface area contributed by atoms with E-state index in [-0.39, 0.29) is 24.1 Å². The highest BCUT2D eigenvalue weighted by atomic mass is 19.4. The summed E-state index contributed by atoms with van der Waals surface area (Å²) in [7, 11) is 0. The second-order valence-electron chi connectivity index (χ2n) is 9.63. The first-order valence-electron chi connectivity index (χ1n) is 12.6. The molecule has 6 nitrogen and oxygen atoms in total. The molecule has 0 spiro atoms. The van der Waals surface area contributed by atoms with Gasteiger partial charge in [-0.2, -0.15) is 13.2 Å². The van der Waals surface area contributed by atoms with Crippen molar-refractivity contribution in [2.75, 3.05) is 19.6 Å². The van der Waals surface area contributed by atoms with E-state index in [1.54, 1.807) is 0 Å². The molecule has 0 aromatic heterocycles. The van der Waals surface area contributed by atoms with Crippen LogP contribution in [0.25, 0.3) is 0 Å². The van der Waals surface area contributed by atoms with Gasteiger partial charge in [-0.1, -0.05) is 49.2 Å². The molecule has 9 heteroatoms. The summed E-state index contributed by atoms with van der Waals surface area (Å²) in [6.45, 7) is 2.20. The highest BCUT2D eigenvalue weighted by Crippen LogP contribution is 2.29. The first-order valence-corrected chi connectivity index (χ1v) is 12.6. The van der Waals surface area contributed by atoms with Crippen LogP contribution in [-0.2, 0) is 17.5 Å². The third-order valence-corrected chi connectivity index (χ3v) is 7.06. The van der Waals surface area contributed by atoms with Gasteiger partial charge in [0.1, 0.15) is 0 Å². The molecule has 2 fully saturated rings. The minimum absolute atomic E-state index is 0.0142. The van der Waals surface area contributed by atoms with Crippen molar-refractivity contribution in [3.05, 3.63) is 71.3 Å². The van der Waals surface area contributed by atoms with Gasteiger partial charge in [0.05, 0.1) is 12.1 Å². The Labute approximate surface area is 209 Å². The standard InChI is InChI=1S/C27H33F3N4O2/c28-27(29,30)21-10-6-9-20(15-21)26(36)32-17-25(35)33-22-13-14-34(18-22)24-12-5-4-11-23(24)31-16-19-7-2-1-3-8-19/h1-3,6-10,15,22-24,31H,4-5,11-14,16-18H2,(H,32,36)(H,33,35)/t22-,23?,24?/m1/s1. The number of amides is 2. The number of nitrogens with zero attached hydrogens (tertiary/aromatic N) is 1. The fourth-order valence-corrected chi connectivity index (χ4v) is 5.22. The minimum Gasteiger partial charge on any atom is -0.350 e. The van der Waals surface area contributed by atoms with Crippen LogP contribution in [-0.4, -0.2) is 54.5 Å². The number of halogens is 3. The second-order valence-corrected chi connectivity index (χ2v) is 9.63. The van der Waals surface area contributed by atoms with Crippen LogP contribution in [0.5, 0.6) is 0 Å². The summed E-state index contributed by atoms with van der Waals surface area (Å²) in [5, 5.41) is 9.13. The Balaban J connectivity index is 1.23. The molecular formula is C27H33F3N4O2. The molecule has 2 aromatic carbocycles. The largest absolute Gasteiger partial charge is 0.416 e. The van der Waals surface area contributed by atoms with Crippen molar-refractivity contribution >= 4 is 11.8 Å². The molecule has 1 saturated carbocycles. The topological polar surface area (TPSA) is 73.5 Å². The normalized spacial score (nSPS) is 22.8. The lowest BCUT2D eigenvalue weighted by Crippen LogP contribution is -2.52. The maximum atomic E-state index is 12.9. The SMILES string of the molecule is O=C(CNC(=O)c1cccc(C(F)(F)F)c1)N[C@@H]1CCN(C2CCCCC2NCc2ccccc2)C1. The molecule has 2 unspecified atom stereocenters. The van der Waals surface area contributed by atoms with Crippen LogP contribution in [0.1, 0.15) is 53.6 Å². The van der Waals surface area contributed by atoms with Crippen molar-refractivity contribution in [3.8, 4) is 0 Å². The lowest BCUT2D eigenvalue weighted by atomic mass is 9.89. The molecule has 0 radical (unpaired) electrons. The lowest BCUT2D eigenvalue weighted by Gasteiger charge is -2.38. The van der Waals surface area contributed by atoms with E-state index in [1.165, 1.54) is 30.5 Å². The molecule has 2 aliphatic rings. The highest BCUT2D eigenvalue weighted by Gasteiger charge is 2.35. The number of hydrogen-bond donors (Lipinski definition) is 3. The van der Waals surface area contributed by atoms with Crippen molar-refractivity contribution < 1.29 is 22.8 Å². The van der Waals surface area contributed by atoms with Crippen molar-refractivity contribution in [3.63, 3.8) is 0 Å². The third-order valence-electron chi connectivity index (χ3n) is 7.06. The molecule has 1 aliphatic carbocycles. The van der Waals surface area contributed by atoms with Crippen LogP contribution in [0.3, 0.4) is 0 Å². The van der Waals surface area contributed by atoms with Crippen molar-refractivity contribution in [2.24, 2.45) is 0 Å². The first kappa shape index (κ1) is 26.2. The lowest BCUT2D eigenvalue weighted by molar-refractivity contribution is -0.137. The Kier molecular flexibility index (Phi) is 8.64. The van der Waals surface area contributed by atoms with Gasteiger partial charge in [0, 0.05) is 43.3 Å². The van der Waals surface area contributed by atoms with Gasteiger partial charge in [-0.3, -0.25) is 14.5 Å². The van der Waals surface area contributed by atoms with Crippen LogP contribution < -0.4 is 16.0 Å². The average Bonchev–Trinajstić information content (AvgIpc) is 3.34. The Hall–Kier alpha value is -2.91. The van der Waals surface area contributed by atoms with Crippen LogP contribution in [0.4, 0.5) is 13.2 Å². The first-order chi connectivity index (χ1) is 17.3. The number of likely N-dealkylation sites (tertiary alicyclic amines) is 1. The van der Waals surface area contributed by atoms with E-state index >= 15 is 0 Å². The number of alkyl halides is 3. The van der Waals surface area contributed by atoms with Crippen molar-refractivity contribution in [1.29, 1.82) is 0 Å². The summed E-state index contributed by atoms with van der Waals surface area (Å²) in [5.74, 6) is -1.05. The summed E-state index contributed by atoms with van der Waals surface area (Å²) >= 11 is 0. The van der Waals surface area contributed by atoms with E-state index in [4.69, 9.17) is 0 Å². The van der Waals surface area contributed by atoms with Gasteiger partial charge in [-0.15, -0.1) is 0 Å². The fourth-order valence-electron chi connectivity index (χ4n) is 5.22. The number of carbonyl (C=O) groups is 2. The zero-order chi connectivity index (χ0) is 25.5. The fraction of sp³-hybridized carbons (Fsp3) is 0.481. The van der Waals surface area contributed by atoms with Gasteiger partial charge in [0.15, 0.2) is 0 Å². The summed E-state index contributed by atoms with van der Waals surface area (Å²) in [4.78, 5) is 27.1. The van der Waals surface area contributed by atoms with E-state index in [0.717, 1.165) is 51.0 Å². The molecule has 3 N–H and O–H groups in total. The summed E-state index contributed by atoms with van der Waals surface area (Å²) in [6.07, 6.45) is 0.963. The molecule has 2 aromatic rings. The Morgan fingerprint density at radius 2 is 1.75 bits per heavy atom. The average molecular weight is 503 g/mol. The molecule has 36 heavy (non-hydrogen) atoms. The van der Waals surface area contributed by atoms with Crippen LogP contribution >= 0.6 is 0 Å². The van der Waals surface area contributed by atoms with Gasteiger partial charge >= 0.3 is 6.18 Å². The Bertz CT molecular complexity index is 1030. The van der Waals surface area contributed by atoms with E-state index in [9.17, 15) is 22.8 Å². The van der Waals surface area contributed by atoms with Crippen molar-refractivity contribution in [2.45, 2.75) is 63.0 Å².